The van der Waals surface area contributed by atoms with Gasteiger partial charge in [-0.25, -0.2) is 4.79 Å². The van der Waals surface area contributed by atoms with E-state index in [1.807, 2.05) is 30.3 Å². The summed E-state index contributed by atoms with van der Waals surface area (Å²) in [6.07, 6.45) is 0.604. The van der Waals surface area contributed by atoms with E-state index in [0.717, 1.165) is 16.6 Å². The highest BCUT2D eigenvalue weighted by Gasteiger charge is 2.15. The third-order valence-corrected chi connectivity index (χ3v) is 4.85. The first kappa shape index (κ1) is 19.8. The molecule has 152 valence electrons. The lowest BCUT2D eigenvalue weighted by atomic mass is 10.1. The lowest BCUT2D eigenvalue weighted by molar-refractivity contribution is 0.0734. The molecule has 0 saturated heterocycles. The van der Waals surface area contributed by atoms with Gasteiger partial charge in [-0.05, 0) is 42.0 Å². The minimum Gasteiger partial charge on any atom is -0.497 e. The molecule has 0 fully saturated rings. The number of hydrogen-bond donors (Lipinski definition) is 0. The maximum atomic E-state index is 12.6. The highest BCUT2D eigenvalue weighted by molar-refractivity contribution is 6.30. The molecule has 6 nitrogen and oxygen atoms in total. The lowest BCUT2D eigenvalue weighted by Crippen LogP contribution is -2.09. The molecule has 0 unspecified atom stereocenters. The zero-order valence-corrected chi connectivity index (χ0v) is 17.1. The monoisotopic (exact) mass is 423 g/mol. The van der Waals surface area contributed by atoms with Crippen molar-refractivity contribution in [1.29, 1.82) is 0 Å². The van der Waals surface area contributed by atoms with E-state index in [9.17, 15) is 4.79 Å². The Balaban J connectivity index is 1.54. The third kappa shape index (κ3) is 4.23. The first-order valence-corrected chi connectivity index (χ1v) is 9.51. The van der Waals surface area contributed by atoms with Crippen LogP contribution in [0.1, 0.15) is 21.6 Å². The van der Waals surface area contributed by atoms with Crippen molar-refractivity contribution in [2.45, 2.75) is 6.42 Å². The van der Waals surface area contributed by atoms with Crippen LogP contribution < -0.4 is 14.2 Å². The van der Waals surface area contributed by atoms with Gasteiger partial charge in [0.15, 0.2) is 5.58 Å². The Bertz CT molecular complexity index is 1180. The number of fused-ring (bicyclic) bond motifs is 1. The molecule has 4 rings (SSSR count). The summed E-state index contributed by atoms with van der Waals surface area (Å²) < 4.78 is 21.3. The molecule has 1 aromatic heterocycles. The summed E-state index contributed by atoms with van der Waals surface area (Å²) in [5.74, 6) is 0.814. The second kappa shape index (κ2) is 8.47. The van der Waals surface area contributed by atoms with E-state index in [1.54, 1.807) is 30.3 Å². The minimum absolute atomic E-state index is 0.312. The normalized spacial score (nSPS) is 10.8. The first-order valence-electron chi connectivity index (χ1n) is 9.13. The number of carbonyl (C=O) groups is 1. The molecule has 0 amide bonds. The van der Waals surface area contributed by atoms with Gasteiger partial charge in [0, 0.05) is 29.0 Å². The molecule has 30 heavy (non-hydrogen) atoms. The molecule has 0 aliphatic rings. The lowest BCUT2D eigenvalue weighted by Gasteiger charge is -2.08. The van der Waals surface area contributed by atoms with E-state index in [0.29, 0.717) is 39.8 Å². The molecule has 4 aromatic rings. The van der Waals surface area contributed by atoms with Crippen molar-refractivity contribution in [3.05, 3.63) is 82.5 Å². The number of carbonyl (C=O) groups excluding carboxylic acids is 1. The van der Waals surface area contributed by atoms with E-state index in [2.05, 4.69) is 5.16 Å². The van der Waals surface area contributed by atoms with E-state index in [4.69, 9.17) is 30.3 Å². The van der Waals surface area contributed by atoms with Crippen LogP contribution in [0.4, 0.5) is 0 Å². The number of aromatic nitrogens is 1. The van der Waals surface area contributed by atoms with Gasteiger partial charge in [-0.1, -0.05) is 28.9 Å². The predicted octanol–water partition coefficient (Wildman–Crippen LogP) is 5.31. The second-order valence-electron chi connectivity index (χ2n) is 6.58. The van der Waals surface area contributed by atoms with Gasteiger partial charge in [0.1, 0.15) is 17.2 Å². The summed E-state index contributed by atoms with van der Waals surface area (Å²) in [5.41, 5.74) is 2.71. The fourth-order valence-electron chi connectivity index (χ4n) is 3.05. The van der Waals surface area contributed by atoms with Gasteiger partial charge in [-0.3, -0.25) is 0 Å². The largest absolute Gasteiger partial charge is 0.497 e. The second-order valence-corrected chi connectivity index (χ2v) is 7.02. The Hall–Kier alpha value is -3.51. The smallest absolute Gasteiger partial charge is 0.343 e. The maximum absolute atomic E-state index is 12.6. The Morgan fingerprint density at radius 1 is 0.933 bits per heavy atom. The summed E-state index contributed by atoms with van der Waals surface area (Å²) in [7, 11) is 3.03. The van der Waals surface area contributed by atoms with Crippen molar-refractivity contribution < 1.29 is 23.5 Å². The van der Waals surface area contributed by atoms with Crippen molar-refractivity contribution in [1.82, 2.24) is 5.16 Å². The van der Waals surface area contributed by atoms with Crippen LogP contribution in [0.5, 0.6) is 17.2 Å². The van der Waals surface area contributed by atoms with E-state index in [-0.39, 0.29) is 0 Å². The standard InChI is InChI=1S/C23H18ClNO5/c1-27-18-10-15(11-19(12-18)28-2)23(26)29-17-7-8-20-21(25-30-22(20)13-17)9-14-3-5-16(24)6-4-14/h3-8,10-13H,9H2,1-2H3. The topological polar surface area (TPSA) is 70.8 Å². The van der Waals surface area contributed by atoms with Crippen LogP contribution in [0, 0.1) is 0 Å². The van der Waals surface area contributed by atoms with Crippen molar-refractivity contribution in [3.8, 4) is 17.2 Å². The van der Waals surface area contributed by atoms with Crippen LogP contribution in [-0.4, -0.2) is 25.3 Å². The van der Waals surface area contributed by atoms with Crippen LogP contribution in [0.3, 0.4) is 0 Å². The molecular weight excluding hydrogens is 406 g/mol. The highest BCUT2D eigenvalue weighted by atomic mass is 35.5. The zero-order valence-electron chi connectivity index (χ0n) is 16.3. The fourth-order valence-corrected chi connectivity index (χ4v) is 3.17. The molecule has 1 heterocycles. The summed E-state index contributed by atoms with van der Waals surface area (Å²) >= 11 is 5.94. The van der Waals surface area contributed by atoms with Gasteiger partial charge in [0.05, 0.1) is 25.5 Å². The molecule has 0 saturated carbocycles. The Kier molecular flexibility index (Phi) is 5.59. The van der Waals surface area contributed by atoms with Crippen molar-refractivity contribution >= 4 is 28.5 Å². The zero-order chi connectivity index (χ0) is 21.1. The number of methoxy groups -OCH3 is 2. The number of nitrogens with zero attached hydrogens (tertiary/aromatic N) is 1. The number of rotatable bonds is 6. The van der Waals surface area contributed by atoms with Crippen molar-refractivity contribution in [3.63, 3.8) is 0 Å². The number of hydrogen-bond acceptors (Lipinski definition) is 6. The van der Waals surface area contributed by atoms with E-state index < -0.39 is 5.97 Å². The molecular formula is C23H18ClNO5. The minimum atomic E-state index is -0.535. The third-order valence-electron chi connectivity index (χ3n) is 4.60. The maximum Gasteiger partial charge on any atom is 0.343 e. The van der Waals surface area contributed by atoms with Gasteiger partial charge in [-0.2, -0.15) is 0 Å². The van der Waals surface area contributed by atoms with Gasteiger partial charge >= 0.3 is 5.97 Å². The Morgan fingerprint density at radius 2 is 1.63 bits per heavy atom. The molecule has 3 aromatic carbocycles. The summed E-state index contributed by atoms with van der Waals surface area (Å²) in [5, 5.41) is 5.69. The molecule has 7 heteroatoms. The van der Waals surface area contributed by atoms with Gasteiger partial charge < -0.3 is 18.7 Å². The van der Waals surface area contributed by atoms with Crippen LogP contribution in [0.15, 0.2) is 65.2 Å². The number of esters is 1. The average Bonchev–Trinajstić information content (AvgIpc) is 3.16. The highest BCUT2D eigenvalue weighted by Crippen LogP contribution is 2.27. The Morgan fingerprint density at radius 3 is 2.30 bits per heavy atom. The predicted molar refractivity (Wildman–Crippen MR) is 113 cm³/mol. The quantitative estimate of drug-likeness (QED) is 0.309. The fraction of sp³-hybridized carbons (Fsp3) is 0.130. The first-order chi connectivity index (χ1) is 14.6. The van der Waals surface area contributed by atoms with Gasteiger partial charge in [0.2, 0.25) is 0 Å². The number of halogens is 1. The van der Waals surface area contributed by atoms with Crippen LogP contribution in [0.2, 0.25) is 5.02 Å². The van der Waals surface area contributed by atoms with Crippen LogP contribution >= 0.6 is 11.6 Å². The average molecular weight is 424 g/mol. The molecule has 0 bridgehead atoms. The molecule has 0 spiro atoms. The molecule has 0 radical (unpaired) electrons. The van der Waals surface area contributed by atoms with Crippen LogP contribution in [-0.2, 0) is 6.42 Å². The van der Waals surface area contributed by atoms with E-state index >= 15 is 0 Å². The van der Waals surface area contributed by atoms with E-state index in [1.165, 1.54) is 14.2 Å². The SMILES string of the molecule is COc1cc(OC)cc(C(=O)Oc2ccc3c(Cc4ccc(Cl)cc4)noc3c2)c1. The van der Waals surface area contributed by atoms with Crippen molar-refractivity contribution in [2.75, 3.05) is 14.2 Å². The molecule has 0 atom stereocenters. The molecule has 0 aliphatic heterocycles. The van der Waals surface area contributed by atoms with Gasteiger partial charge in [0.25, 0.3) is 0 Å². The number of ether oxygens (including phenoxy) is 3. The summed E-state index contributed by atoms with van der Waals surface area (Å²) in [6, 6.07) is 17.6. The van der Waals surface area contributed by atoms with Crippen LogP contribution in [0.25, 0.3) is 11.0 Å². The van der Waals surface area contributed by atoms with Gasteiger partial charge in [-0.15, -0.1) is 0 Å². The number of benzene rings is 3. The Labute approximate surface area is 177 Å². The summed E-state index contributed by atoms with van der Waals surface area (Å²) in [4.78, 5) is 12.6. The molecule has 0 aliphatic carbocycles. The molecule has 0 N–H and O–H groups in total. The van der Waals surface area contributed by atoms with Crippen molar-refractivity contribution in [2.24, 2.45) is 0 Å². The summed E-state index contributed by atoms with van der Waals surface area (Å²) in [6.45, 7) is 0.